The van der Waals surface area contributed by atoms with Crippen LogP contribution >= 0.6 is 11.3 Å². The largest absolute Gasteiger partial charge is 0.387 e. The van der Waals surface area contributed by atoms with Crippen LogP contribution in [-0.4, -0.2) is 48.2 Å². The zero-order chi connectivity index (χ0) is 13.4. The molecule has 2 aliphatic rings. The second kappa shape index (κ2) is 5.38. The number of aryl methyl sites for hydroxylation is 1. The lowest BCUT2D eigenvalue weighted by molar-refractivity contribution is 0.153. The van der Waals surface area contributed by atoms with Crippen molar-refractivity contribution < 1.29 is 5.11 Å². The van der Waals surface area contributed by atoms with Crippen LogP contribution < -0.4 is 4.90 Å². The van der Waals surface area contributed by atoms with E-state index in [-0.39, 0.29) is 6.10 Å². The summed E-state index contributed by atoms with van der Waals surface area (Å²) in [5, 5.41) is 11.1. The predicted molar refractivity (Wildman–Crippen MR) is 78.9 cm³/mol. The highest BCUT2D eigenvalue weighted by Gasteiger charge is 2.26. The maximum absolute atomic E-state index is 10.0. The molecule has 4 nitrogen and oxygen atoms in total. The third-order valence-corrected chi connectivity index (χ3v) is 5.64. The standard InChI is InChI=1S/C14H23N3OS/c1-16-8-4-5-10(16)9-17(2)14-15-13-11(18)6-3-7-12(13)19-14/h10-11,18H,3-9H2,1-2H3. The Morgan fingerprint density at radius 1 is 1.42 bits per heavy atom. The van der Waals surface area contributed by atoms with Gasteiger partial charge in [0.15, 0.2) is 5.13 Å². The van der Waals surface area contributed by atoms with Gasteiger partial charge in [-0.05, 0) is 45.7 Å². The Bertz CT molecular complexity index is 448. The average molecular weight is 281 g/mol. The van der Waals surface area contributed by atoms with Gasteiger partial charge in [0.1, 0.15) is 0 Å². The van der Waals surface area contributed by atoms with Crippen molar-refractivity contribution in [2.45, 2.75) is 44.2 Å². The molecular formula is C14H23N3OS. The lowest BCUT2D eigenvalue weighted by Gasteiger charge is -2.25. The molecule has 0 saturated carbocycles. The molecule has 1 aromatic rings. The first-order chi connectivity index (χ1) is 9.15. The molecule has 1 aromatic heterocycles. The van der Waals surface area contributed by atoms with Crippen LogP contribution in [0.1, 0.15) is 42.4 Å². The summed E-state index contributed by atoms with van der Waals surface area (Å²) in [5.41, 5.74) is 0.942. The van der Waals surface area contributed by atoms with Crippen LogP contribution in [0.2, 0.25) is 0 Å². The highest BCUT2D eigenvalue weighted by Crippen LogP contribution is 2.36. The molecule has 0 bridgehead atoms. The van der Waals surface area contributed by atoms with Gasteiger partial charge in [-0.3, -0.25) is 0 Å². The van der Waals surface area contributed by atoms with E-state index in [1.807, 2.05) is 0 Å². The van der Waals surface area contributed by atoms with E-state index in [4.69, 9.17) is 0 Å². The number of likely N-dealkylation sites (N-methyl/N-ethyl adjacent to an activating group) is 2. The molecule has 3 rings (SSSR count). The highest BCUT2D eigenvalue weighted by molar-refractivity contribution is 7.15. The van der Waals surface area contributed by atoms with Crippen molar-refractivity contribution in [1.82, 2.24) is 9.88 Å². The second-order valence-electron chi connectivity index (χ2n) is 5.87. The number of thiazole rings is 1. The SMILES string of the molecule is CN(CC1CCCN1C)c1nc2c(s1)CCCC2O. The summed E-state index contributed by atoms with van der Waals surface area (Å²) in [4.78, 5) is 10.7. The number of aliphatic hydroxyl groups is 1. The summed E-state index contributed by atoms with van der Waals surface area (Å²) in [6.07, 6.45) is 5.30. The molecule has 2 heterocycles. The Morgan fingerprint density at radius 2 is 2.26 bits per heavy atom. The fourth-order valence-corrected chi connectivity index (χ4v) is 4.28. The van der Waals surface area contributed by atoms with Gasteiger partial charge in [-0.25, -0.2) is 4.98 Å². The molecule has 0 amide bonds. The minimum atomic E-state index is -0.337. The summed E-state index contributed by atoms with van der Waals surface area (Å²) in [6, 6.07) is 0.649. The van der Waals surface area contributed by atoms with E-state index in [0.717, 1.165) is 36.6 Å². The number of anilines is 1. The molecule has 0 spiro atoms. The maximum Gasteiger partial charge on any atom is 0.185 e. The molecule has 19 heavy (non-hydrogen) atoms. The smallest absolute Gasteiger partial charge is 0.185 e. The number of aromatic nitrogens is 1. The van der Waals surface area contributed by atoms with Crippen molar-refractivity contribution in [2.75, 3.05) is 32.1 Å². The summed E-state index contributed by atoms with van der Waals surface area (Å²) < 4.78 is 0. The number of hydrogen-bond acceptors (Lipinski definition) is 5. The number of likely N-dealkylation sites (tertiary alicyclic amines) is 1. The van der Waals surface area contributed by atoms with E-state index in [2.05, 4.69) is 28.9 Å². The lowest BCUT2D eigenvalue weighted by atomic mass is 10.0. The summed E-state index contributed by atoms with van der Waals surface area (Å²) in [6.45, 7) is 2.25. The molecule has 1 saturated heterocycles. The first-order valence-electron chi connectivity index (χ1n) is 7.24. The van der Waals surface area contributed by atoms with Crippen molar-refractivity contribution in [2.24, 2.45) is 0 Å². The highest BCUT2D eigenvalue weighted by atomic mass is 32.1. The van der Waals surface area contributed by atoms with E-state index < -0.39 is 0 Å². The normalized spacial score (nSPS) is 27.5. The van der Waals surface area contributed by atoms with Crippen LogP contribution in [0, 0.1) is 0 Å². The van der Waals surface area contributed by atoms with Gasteiger partial charge >= 0.3 is 0 Å². The molecule has 1 aliphatic carbocycles. The topological polar surface area (TPSA) is 39.6 Å². The molecule has 0 aromatic carbocycles. The average Bonchev–Trinajstić information content (AvgIpc) is 2.97. The minimum Gasteiger partial charge on any atom is -0.387 e. The van der Waals surface area contributed by atoms with E-state index in [1.165, 1.54) is 24.3 Å². The fourth-order valence-electron chi connectivity index (χ4n) is 3.15. The second-order valence-corrected chi connectivity index (χ2v) is 6.93. The van der Waals surface area contributed by atoms with Crippen LogP contribution in [-0.2, 0) is 6.42 Å². The zero-order valence-electron chi connectivity index (χ0n) is 11.8. The fraction of sp³-hybridized carbons (Fsp3) is 0.786. The predicted octanol–water partition coefficient (Wildman–Crippen LogP) is 2.04. The number of nitrogens with zero attached hydrogens (tertiary/aromatic N) is 3. The third-order valence-electron chi connectivity index (χ3n) is 4.40. The molecule has 0 radical (unpaired) electrons. The monoisotopic (exact) mass is 281 g/mol. The number of fused-ring (bicyclic) bond motifs is 1. The summed E-state index contributed by atoms with van der Waals surface area (Å²) in [5.74, 6) is 0. The molecule has 106 valence electrons. The van der Waals surface area contributed by atoms with Gasteiger partial charge in [0, 0.05) is 24.5 Å². The van der Waals surface area contributed by atoms with Gasteiger partial charge in [0.25, 0.3) is 0 Å². The zero-order valence-corrected chi connectivity index (χ0v) is 12.6. The first kappa shape index (κ1) is 13.3. The Morgan fingerprint density at radius 3 is 2.95 bits per heavy atom. The van der Waals surface area contributed by atoms with Crippen molar-refractivity contribution >= 4 is 16.5 Å². The Hall–Kier alpha value is -0.650. The minimum absolute atomic E-state index is 0.337. The quantitative estimate of drug-likeness (QED) is 0.920. The van der Waals surface area contributed by atoms with Gasteiger partial charge in [-0.15, -0.1) is 11.3 Å². The van der Waals surface area contributed by atoms with Crippen molar-refractivity contribution in [3.63, 3.8) is 0 Å². The van der Waals surface area contributed by atoms with Crippen LogP contribution in [0.3, 0.4) is 0 Å². The van der Waals surface area contributed by atoms with Gasteiger partial charge in [-0.1, -0.05) is 0 Å². The van der Waals surface area contributed by atoms with Crippen LogP contribution in [0.25, 0.3) is 0 Å². The molecule has 2 unspecified atom stereocenters. The molecule has 1 N–H and O–H groups in total. The number of rotatable bonds is 3. The number of hydrogen-bond donors (Lipinski definition) is 1. The molecule has 1 fully saturated rings. The van der Waals surface area contributed by atoms with Gasteiger partial charge in [0.05, 0.1) is 11.8 Å². The molecule has 5 heteroatoms. The van der Waals surface area contributed by atoms with Gasteiger partial charge in [-0.2, -0.15) is 0 Å². The van der Waals surface area contributed by atoms with Gasteiger partial charge in [0.2, 0.25) is 0 Å². The maximum atomic E-state index is 10.0. The van der Waals surface area contributed by atoms with Crippen LogP contribution in [0.4, 0.5) is 5.13 Å². The van der Waals surface area contributed by atoms with Crippen molar-refractivity contribution in [1.29, 1.82) is 0 Å². The number of aliphatic hydroxyl groups excluding tert-OH is 1. The summed E-state index contributed by atoms with van der Waals surface area (Å²) in [7, 11) is 4.34. The first-order valence-corrected chi connectivity index (χ1v) is 8.06. The van der Waals surface area contributed by atoms with E-state index in [0.29, 0.717) is 6.04 Å². The van der Waals surface area contributed by atoms with Crippen molar-refractivity contribution in [3.05, 3.63) is 10.6 Å². The molecular weight excluding hydrogens is 258 g/mol. The molecule has 1 aliphatic heterocycles. The van der Waals surface area contributed by atoms with E-state index >= 15 is 0 Å². The van der Waals surface area contributed by atoms with Crippen LogP contribution in [0.15, 0.2) is 0 Å². The molecule has 2 atom stereocenters. The summed E-state index contributed by atoms with van der Waals surface area (Å²) >= 11 is 1.77. The Kier molecular flexibility index (Phi) is 3.78. The lowest BCUT2D eigenvalue weighted by Crippen LogP contribution is -2.36. The van der Waals surface area contributed by atoms with Gasteiger partial charge < -0.3 is 14.9 Å². The van der Waals surface area contributed by atoms with Crippen LogP contribution in [0.5, 0.6) is 0 Å². The van der Waals surface area contributed by atoms with E-state index in [1.54, 1.807) is 11.3 Å². The third kappa shape index (κ3) is 2.64. The van der Waals surface area contributed by atoms with E-state index in [9.17, 15) is 5.11 Å². The Labute approximate surface area is 119 Å². The van der Waals surface area contributed by atoms with Crippen molar-refractivity contribution in [3.8, 4) is 0 Å². The Balaban J connectivity index is 1.71.